The number of hydrogen-bond donors (Lipinski definition) is 0. The van der Waals surface area contributed by atoms with Crippen molar-refractivity contribution in [3.05, 3.63) is 0 Å². The predicted octanol–water partition coefficient (Wildman–Crippen LogP) is 3.79. The molecule has 1 aliphatic heterocycles. The van der Waals surface area contributed by atoms with Gasteiger partial charge in [-0.1, -0.05) is 39.5 Å². The van der Waals surface area contributed by atoms with Crippen LogP contribution in [0.5, 0.6) is 0 Å². The van der Waals surface area contributed by atoms with E-state index in [1.807, 2.05) is 0 Å². The molecule has 2 fully saturated rings. The van der Waals surface area contributed by atoms with Crippen LogP contribution < -0.4 is 0 Å². The zero-order chi connectivity index (χ0) is 13.0. The van der Waals surface area contributed by atoms with E-state index < -0.39 is 0 Å². The maximum Gasteiger partial charge on any atom is 0.155 e. The van der Waals surface area contributed by atoms with Gasteiger partial charge in [0, 0.05) is 5.92 Å². The molecule has 0 bridgehead atoms. The number of carbonyl (C=O) groups excluding carboxylic acids is 1. The van der Waals surface area contributed by atoms with Crippen molar-refractivity contribution in [3.8, 4) is 0 Å². The van der Waals surface area contributed by atoms with Gasteiger partial charge in [-0.05, 0) is 45.2 Å². The van der Waals surface area contributed by atoms with Crippen LogP contribution in [0.1, 0.15) is 71.6 Å². The molecular formula is C16H29NO. The van der Waals surface area contributed by atoms with Crippen molar-refractivity contribution in [1.82, 2.24) is 4.90 Å². The molecule has 0 aromatic heterocycles. The molecule has 1 atom stereocenters. The Labute approximate surface area is 112 Å². The molecule has 1 heterocycles. The SMILES string of the molecule is CCCC(C)C(=O)C1(N2CCCCC2)CCCC1. The van der Waals surface area contributed by atoms with E-state index in [-0.39, 0.29) is 11.5 Å². The second kappa shape index (κ2) is 6.18. The quantitative estimate of drug-likeness (QED) is 0.741. The summed E-state index contributed by atoms with van der Waals surface area (Å²) in [6, 6.07) is 0. The lowest BCUT2D eigenvalue weighted by atomic mass is 9.80. The number of ketones is 1. The molecule has 104 valence electrons. The van der Waals surface area contributed by atoms with Crippen LogP contribution >= 0.6 is 0 Å². The molecule has 0 N–H and O–H groups in total. The first-order valence-corrected chi connectivity index (χ1v) is 8.00. The van der Waals surface area contributed by atoms with Gasteiger partial charge in [-0.25, -0.2) is 0 Å². The number of nitrogens with zero attached hydrogens (tertiary/aromatic N) is 1. The van der Waals surface area contributed by atoms with Gasteiger partial charge in [0.2, 0.25) is 0 Å². The molecule has 1 aliphatic carbocycles. The normalized spacial score (nSPS) is 26.1. The number of hydrogen-bond acceptors (Lipinski definition) is 2. The fourth-order valence-electron chi connectivity index (χ4n) is 4.02. The fraction of sp³-hybridized carbons (Fsp3) is 0.938. The topological polar surface area (TPSA) is 20.3 Å². The second-order valence-electron chi connectivity index (χ2n) is 6.34. The summed E-state index contributed by atoms with van der Waals surface area (Å²) in [4.78, 5) is 15.5. The number of carbonyl (C=O) groups is 1. The summed E-state index contributed by atoms with van der Waals surface area (Å²) in [6.07, 6.45) is 10.9. The molecule has 1 unspecified atom stereocenters. The van der Waals surface area contributed by atoms with Gasteiger partial charge in [-0.15, -0.1) is 0 Å². The summed E-state index contributed by atoms with van der Waals surface area (Å²) in [5.41, 5.74) is -0.0605. The lowest BCUT2D eigenvalue weighted by molar-refractivity contribution is -0.136. The van der Waals surface area contributed by atoms with E-state index in [4.69, 9.17) is 0 Å². The molecule has 1 saturated carbocycles. The van der Waals surface area contributed by atoms with Crippen LogP contribution in [-0.4, -0.2) is 29.3 Å². The molecular weight excluding hydrogens is 222 g/mol. The van der Waals surface area contributed by atoms with E-state index in [1.54, 1.807) is 0 Å². The monoisotopic (exact) mass is 251 g/mol. The van der Waals surface area contributed by atoms with E-state index in [0.717, 1.165) is 38.8 Å². The van der Waals surface area contributed by atoms with E-state index in [1.165, 1.54) is 32.1 Å². The van der Waals surface area contributed by atoms with Gasteiger partial charge < -0.3 is 0 Å². The molecule has 1 saturated heterocycles. The average molecular weight is 251 g/mol. The van der Waals surface area contributed by atoms with Gasteiger partial charge in [-0.3, -0.25) is 9.69 Å². The molecule has 0 amide bonds. The average Bonchev–Trinajstić information content (AvgIpc) is 2.90. The molecule has 2 aliphatic rings. The van der Waals surface area contributed by atoms with Crippen molar-refractivity contribution in [2.45, 2.75) is 77.2 Å². The molecule has 0 spiro atoms. The summed E-state index contributed by atoms with van der Waals surface area (Å²) >= 11 is 0. The Morgan fingerprint density at radius 1 is 1.11 bits per heavy atom. The smallest absolute Gasteiger partial charge is 0.155 e. The zero-order valence-corrected chi connectivity index (χ0v) is 12.2. The molecule has 0 aromatic rings. The first-order chi connectivity index (χ1) is 8.70. The van der Waals surface area contributed by atoms with E-state index in [9.17, 15) is 4.79 Å². The van der Waals surface area contributed by atoms with Gasteiger partial charge >= 0.3 is 0 Å². The maximum absolute atomic E-state index is 12.9. The Balaban J connectivity index is 2.12. The van der Waals surface area contributed by atoms with Crippen LogP contribution in [0, 0.1) is 5.92 Å². The standard InChI is InChI=1S/C16H29NO/c1-3-9-14(2)15(18)16(10-5-6-11-16)17-12-7-4-8-13-17/h14H,3-13H2,1-2H3. The summed E-state index contributed by atoms with van der Waals surface area (Å²) < 4.78 is 0. The summed E-state index contributed by atoms with van der Waals surface area (Å²) in [5.74, 6) is 0.818. The summed E-state index contributed by atoms with van der Waals surface area (Å²) in [5, 5.41) is 0. The third-order valence-electron chi connectivity index (χ3n) is 5.02. The Hall–Kier alpha value is -0.370. The predicted molar refractivity (Wildman–Crippen MR) is 75.7 cm³/mol. The van der Waals surface area contributed by atoms with Gasteiger partial charge in [0.1, 0.15) is 0 Å². The van der Waals surface area contributed by atoms with Gasteiger partial charge in [0.05, 0.1) is 5.54 Å². The minimum absolute atomic E-state index is 0.0605. The number of likely N-dealkylation sites (tertiary alicyclic amines) is 1. The summed E-state index contributed by atoms with van der Waals surface area (Å²) in [7, 11) is 0. The number of rotatable bonds is 5. The van der Waals surface area contributed by atoms with Gasteiger partial charge in [0.15, 0.2) is 5.78 Å². The minimum atomic E-state index is -0.0605. The second-order valence-corrected chi connectivity index (χ2v) is 6.34. The highest BCUT2D eigenvalue weighted by Gasteiger charge is 2.46. The van der Waals surface area contributed by atoms with Crippen molar-refractivity contribution in [1.29, 1.82) is 0 Å². The van der Waals surface area contributed by atoms with Crippen molar-refractivity contribution in [2.24, 2.45) is 5.92 Å². The highest BCUT2D eigenvalue weighted by Crippen LogP contribution is 2.40. The lowest BCUT2D eigenvalue weighted by Crippen LogP contribution is -2.56. The zero-order valence-electron chi connectivity index (χ0n) is 12.2. The van der Waals surface area contributed by atoms with Gasteiger partial charge in [0.25, 0.3) is 0 Å². The van der Waals surface area contributed by atoms with E-state index in [0.29, 0.717) is 5.78 Å². The maximum atomic E-state index is 12.9. The van der Waals surface area contributed by atoms with Crippen molar-refractivity contribution in [2.75, 3.05) is 13.1 Å². The summed E-state index contributed by atoms with van der Waals surface area (Å²) in [6.45, 7) is 6.65. The van der Waals surface area contributed by atoms with Gasteiger partial charge in [-0.2, -0.15) is 0 Å². The van der Waals surface area contributed by atoms with Crippen LogP contribution in [0.15, 0.2) is 0 Å². The first-order valence-electron chi connectivity index (χ1n) is 8.00. The molecule has 2 nitrogen and oxygen atoms in total. The van der Waals surface area contributed by atoms with Crippen molar-refractivity contribution in [3.63, 3.8) is 0 Å². The fourth-order valence-corrected chi connectivity index (χ4v) is 4.02. The lowest BCUT2D eigenvalue weighted by Gasteiger charge is -2.43. The molecule has 2 heteroatoms. The van der Waals surface area contributed by atoms with Crippen LogP contribution in [0.4, 0.5) is 0 Å². The molecule has 0 radical (unpaired) electrons. The number of Topliss-reactive ketones (excluding diaryl/α,β-unsaturated/α-hetero) is 1. The van der Waals surface area contributed by atoms with Crippen LogP contribution in [0.2, 0.25) is 0 Å². The Bertz CT molecular complexity index is 275. The molecule has 18 heavy (non-hydrogen) atoms. The van der Waals surface area contributed by atoms with Crippen LogP contribution in [0.3, 0.4) is 0 Å². The highest BCUT2D eigenvalue weighted by molar-refractivity contribution is 5.90. The number of piperidine rings is 1. The largest absolute Gasteiger partial charge is 0.297 e. The minimum Gasteiger partial charge on any atom is -0.297 e. The van der Waals surface area contributed by atoms with E-state index in [2.05, 4.69) is 18.7 Å². The van der Waals surface area contributed by atoms with Crippen LogP contribution in [0.25, 0.3) is 0 Å². The third-order valence-corrected chi connectivity index (χ3v) is 5.02. The first kappa shape index (κ1) is 14.0. The Kier molecular flexibility index (Phi) is 4.83. The van der Waals surface area contributed by atoms with Crippen molar-refractivity contribution >= 4 is 5.78 Å². The Morgan fingerprint density at radius 2 is 1.72 bits per heavy atom. The van der Waals surface area contributed by atoms with E-state index >= 15 is 0 Å². The third kappa shape index (κ3) is 2.64. The van der Waals surface area contributed by atoms with Crippen molar-refractivity contribution < 1.29 is 4.79 Å². The highest BCUT2D eigenvalue weighted by atomic mass is 16.1. The van der Waals surface area contributed by atoms with Crippen LogP contribution in [-0.2, 0) is 4.79 Å². The molecule has 2 rings (SSSR count). The Morgan fingerprint density at radius 3 is 2.28 bits per heavy atom. The molecule has 0 aromatic carbocycles.